The molecule has 0 fully saturated rings. The van der Waals surface area contributed by atoms with Gasteiger partial charge in [0, 0.05) is 23.2 Å². The fourth-order valence-electron chi connectivity index (χ4n) is 2.44. The predicted molar refractivity (Wildman–Crippen MR) is 96.7 cm³/mol. The summed E-state index contributed by atoms with van der Waals surface area (Å²) in [6, 6.07) is 5.87. The van der Waals surface area contributed by atoms with Gasteiger partial charge in [-0.2, -0.15) is 0 Å². The molecule has 0 spiro atoms. The SMILES string of the molecule is COC(=O)C=Cc1ccc2[nH]cc(CCN(C=O)OC(C)(C)C)c2c1. The third kappa shape index (κ3) is 5.46. The molecule has 25 heavy (non-hydrogen) atoms. The Labute approximate surface area is 147 Å². The van der Waals surface area contributed by atoms with E-state index in [0.29, 0.717) is 19.4 Å². The fraction of sp³-hybridized carbons (Fsp3) is 0.368. The molecular weight excluding hydrogens is 320 g/mol. The number of carbonyl (C=O) groups excluding carboxylic acids is 2. The molecule has 1 amide bonds. The number of esters is 1. The summed E-state index contributed by atoms with van der Waals surface area (Å²) in [7, 11) is 1.35. The second kappa shape index (κ2) is 7.98. The van der Waals surface area contributed by atoms with Crippen LogP contribution in [-0.2, 0) is 25.6 Å². The van der Waals surface area contributed by atoms with Gasteiger partial charge >= 0.3 is 5.97 Å². The Bertz CT molecular complexity index is 771. The molecule has 0 saturated heterocycles. The standard InChI is InChI=1S/C19H24N2O4/c1-19(2,3)25-21(13-22)10-9-15-12-20-17-7-5-14(11-16(15)17)6-8-18(23)24-4/h5-8,11-13,20H,9-10H2,1-4H3. The lowest BCUT2D eigenvalue weighted by Crippen LogP contribution is -2.34. The third-order valence-electron chi connectivity index (χ3n) is 3.51. The highest BCUT2D eigenvalue weighted by Gasteiger charge is 2.16. The number of ether oxygens (including phenoxy) is 1. The molecular formula is C19H24N2O4. The molecule has 2 rings (SSSR count). The van der Waals surface area contributed by atoms with E-state index in [1.54, 1.807) is 6.08 Å². The smallest absolute Gasteiger partial charge is 0.330 e. The summed E-state index contributed by atoms with van der Waals surface area (Å²) in [4.78, 5) is 31.2. The van der Waals surface area contributed by atoms with E-state index < -0.39 is 11.6 Å². The summed E-state index contributed by atoms with van der Waals surface area (Å²) in [5, 5.41) is 2.37. The van der Waals surface area contributed by atoms with Crippen LogP contribution in [0.2, 0.25) is 0 Å². The van der Waals surface area contributed by atoms with Crippen LogP contribution in [0.1, 0.15) is 31.9 Å². The lowest BCUT2D eigenvalue weighted by atomic mass is 10.1. The van der Waals surface area contributed by atoms with E-state index in [2.05, 4.69) is 9.72 Å². The van der Waals surface area contributed by atoms with Crippen LogP contribution >= 0.6 is 0 Å². The van der Waals surface area contributed by atoms with E-state index in [1.165, 1.54) is 18.2 Å². The molecule has 0 atom stereocenters. The largest absolute Gasteiger partial charge is 0.466 e. The maximum Gasteiger partial charge on any atom is 0.330 e. The third-order valence-corrected chi connectivity index (χ3v) is 3.51. The number of hydrogen-bond donors (Lipinski definition) is 1. The first kappa shape index (κ1) is 18.7. The Morgan fingerprint density at radius 3 is 2.72 bits per heavy atom. The summed E-state index contributed by atoms with van der Waals surface area (Å²) in [6.07, 6.45) is 6.38. The average molecular weight is 344 g/mol. The summed E-state index contributed by atoms with van der Waals surface area (Å²) >= 11 is 0. The van der Waals surface area contributed by atoms with Crippen LogP contribution in [0.5, 0.6) is 0 Å². The summed E-state index contributed by atoms with van der Waals surface area (Å²) < 4.78 is 4.60. The van der Waals surface area contributed by atoms with E-state index in [1.807, 2.05) is 45.2 Å². The first-order valence-electron chi connectivity index (χ1n) is 8.09. The van der Waals surface area contributed by atoms with E-state index in [9.17, 15) is 9.59 Å². The molecule has 134 valence electrons. The summed E-state index contributed by atoms with van der Waals surface area (Å²) in [5.74, 6) is -0.393. The average Bonchev–Trinajstić information content (AvgIpc) is 2.97. The minimum atomic E-state index is -0.424. The zero-order valence-corrected chi connectivity index (χ0v) is 15.0. The van der Waals surface area contributed by atoms with Gasteiger partial charge in [0.05, 0.1) is 19.3 Å². The molecule has 1 heterocycles. The van der Waals surface area contributed by atoms with Crippen LogP contribution in [0.3, 0.4) is 0 Å². The number of benzene rings is 1. The predicted octanol–water partition coefficient (Wildman–Crippen LogP) is 3.09. The van der Waals surface area contributed by atoms with Crippen LogP contribution in [0.4, 0.5) is 0 Å². The van der Waals surface area contributed by atoms with Crippen LogP contribution in [-0.4, -0.2) is 41.7 Å². The molecule has 1 aromatic carbocycles. The number of hydrogen-bond acceptors (Lipinski definition) is 4. The Hall–Kier alpha value is -2.60. The van der Waals surface area contributed by atoms with Crippen LogP contribution in [0.25, 0.3) is 17.0 Å². The molecule has 0 aliphatic heterocycles. The summed E-state index contributed by atoms with van der Waals surface area (Å²) in [6.45, 7) is 6.15. The first-order chi connectivity index (χ1) is 11.8. The van der Waals surface area contributed by atoms with E-state index in [0.717, 1.165) is 22.0 Å². The number of amides is 1. The number of methoxy groups -OCH3 is 1. The Morgan fingerprint density at radius 2 is 2.08 bits per heavy atom. The second-order valence-electron chi connectivity index (χ2n) is 6.68. The van der Waals surface area contributed by atoms with Gasteiger partial charge in [-0.15, -0.1) is 0 Å². The molecule has 6 heteroatoms. The van der Waals surface area contributed by atoms with Crippen molar-refractivity contribution in [2.45, 2.75) is 32.8 Å². The van der Waals surface area contributed by atoms with Crippen molar-refractivity contribution in [3.63, 3.8) is 0 Å². The molecule has 1 aromatic heterocycles. The van der Waals surface area contributed by atoms with Crippen LogP contribution in [0.15, 0.2) is 30.5 Å². The lowest BCUT2D eigenvalue weighted by molar-refractivity contribution is -0.215. The van der Waals surface area contributed by atoms with Crippen molar-refractivity contribution in [1.29, 1.82) is 0 Å². The van der Waals surface area contributed by atoms with Crippen molar-refractivity contribution < 1.29 is 19.2 Å². The van der Waals surface area contributed by atoms with E-state index >= 15 is 0 Å². The highest BCUT2D eigenvalue weighted by Crippen LogP contribution is 2.21. The number of nitrogens with zero attached hydrogens (tertiary/aromatic N) is 1. The molecule has 0 aliphatic carbocycles. The van der Waals surface area contributed by atoms with Crippen molar-refractivity contribution in [3.05, 3.63) is 41.6 Å². The van der Waals surface area contributed by atoms with E-state index in [-0.39, 0.29) is 0 Å². The van der Waals surface area contributed by atoms with Gasteiger partial charge in [0.25, 0.3) is 0 Å². The van der Waals surface area contributed by atoms with Crippen molar-refractivity contribution in [2.24, 2.45) is 0 Å². The lowest BCUT2D eigenvalue weighted by Gasteiger charge is -2.26. The van der Waals surface area contributed by atoms with Crippen molar-refractivity contribution in [2.75, 3.05) is 13.7 Å². The zero-order chi connectivity index (χ0) is 18.4. The van der Waals surface area contributed by atoms with Gasteiger partial charge in [0.15, 0.2) is 0 Å². The minimum Gasteiger partial charge on any atom is -0.466 e. The number of carbonyl (C=O) groups is 2. The quantitative estimate of drug-likeness (QED) is 0.363. The fourth-order valence-corrected chi connectivity index (χ4v) is 2.44. The zero-order valence-electron chi connectivity index (χ0n) is 15.0. The molecule has 0 unspecified atom stereocenters. The molecule has 6 nitrogen and oxygen atoms in total. The van der Waals surface area contributed by atoms with Gasteiger partial charge in [-0.05, 0) is 56.5 Å². The minimum absolute atomic E-state index is 0.393. The first-order valence-corrected chi connectivity index (χ1v) is 8.09. The van der Waals surface area contributed by atoms with Gasteiger partial charge in [0.1, 0.15) is 0 Å². The topological polar surface area (TPSA) is 71.6 Å². The highest BCUT2D eigenvalue weighted by atomic mass is 16.7. The van der Waals surface area contributed by atoms with Gasteiger partial charge < -0.3 is 9.72 Å². The number of rotatable bonds is 7. The van der Waals surface area contributed by atoms with Crippen molar-refractivity contribution in [3.8, 4) is 0 Å². The van der Waals surface area contributed by atoms with Crippen LogP contribution in [0, 0.1) is 0 Å². The van der Waals surface area contributed by atoms with Gasteiger partial charge in [-0.1, -0.05) is 6.07 Å². The number of hydroxylamine groups is 2. The molecule has 0 radical (unpaired) electrons. The van der Waals surface area contributed by atoms with Crippen molar-refractivity contribution >= 4 is 29.4 Å². The monoisotopic (exact) mass is 344 g/mol. The Morgan fingerprint density at radius 1 is 1.32 bits per heavy atom. The normalized spacial score (nSPS) is 11.8. The highest BCUT2D eigenvalue weighted by molar-refractivity contribution is 5.89. The van der Waals surface area contributed by atoms with Gasteiger partial charge in [-0.3, -0.25) is 9.63 Å². The summed E-state index contributed by atoms with van der Waals surface area (Å²) in [5.41, 5.74) is 2.55. The van der Waals surface area contributed by atoms with Gasteiger partial charge in [0.2, 0.25) is 6.41 Å². The number of fused-ring (bicyclic) bond motifs is 1. The number of nitrogens with one attached hydrogen (secondary N) is 1. The number of aromatic amines is 1. The van der Waals surface area contributed by atoms with Crippen LogP contribution < -0.4 is 0 Å². The Kier molecular flexibility index (Phi) is 5.98. The number of aromatic nitrogens is 1. The van der Waals surface area contributed by atoms with E-state index in [4.69, 9.17) is 4.84 Å². The molecule has 0 aliphatic rings. The molecule has 2 aromatic rings. The molecule has 0 bridgehead atoms. The second-order valence-corrected chi connectivity index (χ2v) is 6.68. The maximum atomic E-state index is 11.2. The Balaban J connectivity index is 2.14. The molecule has 0 saturated carbocycles. The molecule has 1 N–H and O–H groups in total. The van der Waals surface area contributed by atoms with Gasteiger partial charge in [-0.25, -0.2) is 9.86 Å². The van der Waals surface area contributed by atoms with Crippen molar-refractivity contribution in [1.82, 2.24) is 10.0 Å². The maximum absolute atomic E-state index is 11.2. The number of H-pyrrole nitrogens is 1.